The van der Waals surface area contributed by atoms with Crippen molar-refractivity contribution in [2.24, 2.45) is 0 Å². The molecule has 2 N–H and O–H groups in total. The number of halogens is 1. The van der Waals surface area contributed by atoms with Gasteiger partial charge in [0.05, 0.1) is 6.54 Å². The van der Waals surface area contributed by atoms with E-state index in [-0.39, 0.29) is 5.84 Å². The van der Waals surface area contributed by atoms with Crippen molar-refractivity contribution in [1.29, 1.82) is 5.41 Å². The lowest BCUT2D eigenvalue weighted by Crippen LogP contribution is -2.50. The van der Waals surface area contributed by atoms with E-state index in [0.717, 1.165) is 26.2 Å². The average molecular weight is 186 g/mol. The Kier molecular flexibility index (Phi) is 2.00. The Hall–Kier alpha value is -0.680. The van der Waals surface area contributed by atoms with E-state index in [1.807, 2.05) is 4.90 Å². The summed E-state index contributed by atoms with van der Waals surface area (Å²) in [4.78, 5) is 3.37. The van der Waals surface area contributed by atoms with Crippen LogP contribution in [0.4, 0.5) is 4.39 Å². The Morgan fingerprint density at radius 1 is 1.46 bits per heavy atom. The summed E-state index contributed by atoms with van der Waals surface area (Å²) >= 11 is 0. The Balaban J connectivity index is 1.96. The van der Waals surface area contributed by atoms with Crippen molar-refractivity contribution in [1.82, 2.24) is 15.1 Å². The van der Waals surface area contributed by atoms with E-state index in [1.165, 1.54) is 0 Å². The number of likely N-dealkylation sites (N-methyl/N-ethyl adjacent to an activating group) is 1. The highest BCUT2D eigenvalue weighted by Gasteiger charge is 2.56. The van der Waals surface area contributed by atoms with E-state index < -0.39 is 5.79 Å². The van der Waals surface area contributed by atoms with Gasteiger partial charge in [0.1, 0.15) is 0 Å². The molecule has 0 radical (unpaired) electrons. The van der Waals surface area contributed by atoms with Gasteiger partial charge in [0.25, 0.3) is 0 Å². The number of alkyl halides is 1. The van der Waals surface area contributed by atoms with Gasteiger partial charge in [-0.25, -0.2) is 4.39 Å². The third-order valence-electron chi connectivity index (χ3n) is 2.74. The van der Waals surface area contributed by atoms with Crippen molar-refractivity contribution in [2.45, 2.75) is 5.79 Å². The molecule has 2 aliphatic rings. The van der Waals surface area contributed by atoms with Crippen molar-refractivity contribution in [3.05, 3.63) is 0 Å². The zero-order valence-electron chi connectivity index (χ0n) is 7.81. The molecule has 0 aliphatic carbocycles. The molecule has 0 aromatic heterocycles. The molecule has 1 unspecified atom stereocenters. The van der Waals surface area contributed by atoms with Gasteiger partial charge >= 0.3 is 0 Å². The molecule has 2 saturated heterocycles. The summed E-state index contributed by atoms with van der Waals surface area (Å²) in [6.45, 7) is 3.57. The standard InChI is InChI=1S/C8H15FN4/c1-12-6-8(12,9)7(10)13-4-2-11-3-5-13/h10-11H,2-6H2,1H3/t8?,12-/m0/s1. The molecule has 74 valence electrons. The number of hydrogen-bond acceptors (Lipinski definition) is 3. The highest BCUT2D eigenvalue weighted by Crippen LogP contribution is 2.33. The fraction of sp³-hybridized carbons (Fsp3) is 0.875. The quantitative estimate of drug-likeness (QED) is 0.251. The molecular formula is C8H15FN4. The third-order valence-corrected chi connectivity index (χ3v) is 2.74. The van der Waals surface area contributed by atoms with Crippen LogP contribution < -0.4 is 5.32 Å². The molecule has 4 nitrogen and oxygen atoms in total. The van der Waals surface area contributed by atoms with Gasteiger partial charge in [0.2, 0.25) is 5.79 Å². The van der Waals surface area contributed by atoms with Gasteiger partial charge in [0, 0.05) is 26.2 Å². The number of hydrogen-bond donors (Lipinski definition) is 2. The molecule has 0 amide bonds. The van der Waals surface area contributed by atoms with E-state index in [2.05, 4.69) is 5.32 Å². The zero-order chi connectivity index (χ0) is 9.47. The number of nitrogens with zero attached hydrogens (tertiary/aromatic N) is 2. The minimum absolute atomic E-state index is 0.136. The molecule has 0 saturated carbocycles. The lowest BCUT2D eigenvalue weighted by Gasteiger charge is -2.30. The minimum atomic E-state index is -1.46. The average Bonchev–Trinajstić information content (AvgIpc) is 2.76. The molecule has 2 atom stereocenters. The van der Waals surface area contributed by atoms with Crippen LogP contribution in [0, 0.1) is 5.41 Å². The molecule has 2 aliphatic heterocycles. The number of amidine groups is 1. The molecule has 2 rings (SSSR count). The Morgan fingerprint density at radius 3 is 2.46 bits per heavy atom. The van der Waals surface area contributed by atoms with Crippen LogP contribution >= 0.6 is 0 Å². The Bertz CT molecular complexity index is 226. The van der Waals surface area contributed by atoms with Gasteiger partial charge in [-0.1, -0.05) is 0 Å². The molecular weight excluding hydrogens is 171 g/mol. The maximum Gasteiger partial charge on any atom is 0.233 e. The summed E-state index contributed by atoms with van der Waals surface area (Å²) in [6.07, 6.45) is 0. The predicted molar refractivity (Wildman–Crippen MR) is 48.6 cm³/mol. The maximum atomic E-state index is 13.7. The molecule has 0 aromatic rings. The van der Waals surface area contributed by atoms with E-state index in [1.54, 1.807) is 11.9 Å². The summed E-state index contributed by atoms with van der Waals surface area (Å²) in [5.74, 6) is -1.33. The van der Waals surface area contributed by atoms with Gasteiger partial charge in [-0.15, -0.1) is 0 Å². The molecule has 0 spiro atoms. The fourth-order valence-corrected chi connectivity index (χ4v) is 1.67. The highest BCUT2D eigenvalue weighted by molar-refractivity contribution is 5.90. The predicted octanol–water partition coefficient (Wildman–Crippen LogP) is -0.520. The van der Waals surface area contributed by atoms with E-state index in [4.69, 9.17) is 5.41 Å². The minimum Gasteiger partial charge on any atom is -0.354 e. The van der Waals surface area contributed by atoms with Crippen LogP contribution in [-0.4, -0.2) is 61.2 Å². The highest BCUT2D eigenvalue weighted by atomic mass is 19.2. The van der Waals surface area contributed by atoms with Crippen LogP contribution in [0.15, 0.2) is 0 Å². The van der Waals surface area contributed by atoms with E-state index in [0.29, 0.717) is 6.54 Å². The van der Waals surface area contributed by atoms with Gasteiger partial charge in [-0.05, 0) is 7.05 Å². The summed E-state index contributed by atoms with van der Waals surface area (Å²) in [5.41, 5.74) is 0. The van der Waals surface area contributed by atoms with Crippen LogP contribution in [0.1, 0.15) is 0 Å². The molecule has 13 heavy (non-hydrogen) atoms. The van der Waals surface area contributed by atoms with Gasteiger partial charge in [0.15, 0.2) is 5.84 Å². The molecule has 0 bridgehead atoms. The van der Waals surface area contributed by atoms with Crippen LogP contribution in [-0.2, 0) is 0 Å². The van der Waals surface area contributed by atoms with E-state index in [9.17, 15) is 4.39 Å². The summed E-state index contributed by atoms with van der Waals surface area (Å²) < 4.78 is 13.7. The van der Waals surface area contributed by atoms with Crippen molar-refractivity contribution in [3.63, 3.8) is 0 Å². The van der Waals surface area contributed by atoms with Crippen molar-refractivity contribution < 1.29 is 4.39 Å². The maximum absolute atomic E-state index is 13.7. The number of nitrogens with one attached hydrogen (secondary N) is 2. The first kappa shape index (κ1) is 8.90. The molecule has 5 heteroatoms. The van der Waals surface area contributed by atoms with Gasteiger partial charge < -0.3 is 10.2 Å². The first-order valence-electron chi connectivity index (χ1n) is 4.59. The monoisotopic (exact) mass is 186 g/mol. The fourth-order valence-electron chi connectivity index (χ4n) is 1.67. The lowest BCUT2D eigenvalue weighted by molar-refractivity contribution is 0.259. The zero-order valence-corrected chi connectivity index (χ0v) is 7.81. The summed E-state index contributed by atoms with van der Waals surface area (Å²) in [7, 11) is 1.71. The second-order valence-corrected chi connectivity index (χ2v) is 3.70. The number of piperazine rings is 1. The Morgan fingerprint density at radius 2 is 2.00 bits per heavy atom. The summed E-state index contributed by atoms with van der Waals surface area (Å²) in [5, 5.41) is 10.9. The third kappa shape index (κ3) is 1.42. The topological polar surface area (TPSA) is 42.1 Å². The van der Waals surface area contributed by atoms with Crippen LogP contribution in [0.25, 0.3) is 0 Å². The second-order valence-electron chi connectivity index (χ2n) is 3.70. The number of rotatable bonds is 1. The van der Waals surface area contributed by atoms with Crippen LogP contribution in [0.5, 0.6) is 0 Å². The molecule has 0 aromatic carbocycles. The second kappa shape index (κ2) is 2.92. The SMILES string of the molecule is C[N@@]1CC1(F)C(=N)N1CCNCC1. The largest absolute Gasteiger partial charge is 0.354 e. The normalized spacial score (nSPS) is 38.9. The van der Waals surface area contributed by atoms with Crippen molar-refractivity contribution >= 4 is 5.84 Å². The van der Waals surface area contributed by atoms with Crippen molar-refractivity contribution in [2.75, 3.05) is 39.8 Å². The smallest absolute Gasteiger partial charge is 0.233 e. The lowest BCUT2D eigenvalue weighted by atomic mass is 10.3. The molecule has 2 fully saturated rings. The Labute approximate surface area is 77.2 Å². The molecule has 2 heterocycles. The van der Waals surface area contributed by atoms with Gasteiger partial charge in [-0.2, -0.15) is 0 Å². The van der Waals surface area contributed by atoms with Crippen LogP contribution in [0.3, 0.4) is 0 Å². The van der Waals surface area contributed by atoms with Gasteiger partial charge in [-0.3, -0.25) is 10.3 Å². The first-order valence-corrected chi connectivity index (χ1v) is 4.59. The summed E-state index contributed by atoms with van der Waals surface area (Å²) in [6, 6.07) is 0. The van der Waals surface area contributed by atoms with Crippen molar-refractivity contribution in [3.8, 4) is 0 Å². The first-order chi connectivity index (χ1) is 6.14. The van der Waals surface area contributed by atoms with E-state index >= 15 is 0 Å². The van der Waals surface area contributed by atoms with Crippen LogP contribution in [0.2, 0.25) is 0 Å².